The number of pyridine rings is 1. The lowest BCUT2D eigenvalue weighted by molar-refractivity contribution is 0.573. The predicted octanol–water partition coefficient (Wildman–Crippen LogP) is -0.147. The summed E-state index contributed by atoms with van der Waals surface area (Å²) in [4.78, 5) is 23.9. The molecule has 0 amide bonds. The van der Waals surface area contributed by atoms with Gasteiger partial charge in [0.1, 0.15) is 11.8 Å². The second-order valence-electron chi connectivity index (χ2n) is 4.36. The molecule has 3 aromatic heterocycles. The molecule has 102 valence electrons. The number of nitrogens with zero attached hydrogens (tertiary/aromatic N) is 5. The van der Waals surface area contributed by atoms with Crippen LogP contribution in [0.4, 0.5) is 11.5 Å². The van der Waals surface area contributed by atoms with E-state index in [1.807, 2.05) is 4.57 Å². The largest absolute Gasteiger partial charge is 0.398 e. The fourth-order valence-corrected chi connectivity index (χ4v) is 2.00. The summed E-state index contributed by atoms with van der Waals surface area (Å²) in [5.74, 6) is 0.342. The molecular weight excluding hydrogens is 258 g/mol. The van der Waals surface area contributed by atoms with Crippen LogP contribution in [0.3, 0.4) is 0 Å². The summed E-state index contributed by atoms with van der Waals surface area (Å²) in [6.07, 6.45) is 4.64. The van der Waals surface area contributed by atoms with Gasteiger partial charge in [0.25, 0.3) is 5.56 Å². The van der Waals surface area contributed by atoms with Gasteiger partial charge in [-0.25, -0.2) is 15.0 Å². The lowest BCUT2D eigenvalue weighted by Gasteiger charge is -2.07. The lowest BCUT2D eigenvalue weighted by atomic mass is 10.4. The van der Waals surface area contributed by atoms with Crippen LogP contribution in [-0.2, 0) is 13.1 Å². The summed E-state index contributed by atoms with van der Waals surface area (Å²) in [6.45, 7) is 1.01. The van der Waals surface area contributed by atoms with Crippen molar-refractivity contribution in [2.45, 2.75) is 13.1 Å². The minimum Gasteiger partial charge on any atom is -0.398 e. The molecule has 0 aliphatic rings. The van der Waals surface area contributed by atoms with Gasteiger partial charge in [0.05, 0.1) is 6.33 Å². The summed E-state index contributed by atoms with van der Waals surface area (Å²) in [5, 5.41) is 0. The van der Waals surface area contributed by atoms with E-state index in [1.165, 1.54) is 12.4 Å². The van der Waals surface area contributed by atoms with Crippen molar-refractivity contribution in [3.05, 3.63) is 41.3 Å². The van der Waals surface area contributed by atoms with Gasteiger partial charge in [0.2, 0.25) is 0 Å². The maximum atomic E-state index is 11.7. The quantitative estimate of drug-likeness (QED) is 0.684. The fourth-order valence-electron chi connectivity index (χ4n) is 2.00. The highest BCUT2D eigenvalue weighted by Crippen LogP contribution is 2.13. The molecule has 0 aliphatic heterocycles. The van der Waals surface area contributed by atoms with Crippen LogP contribution in [-0.4, -0.2) is 24.1 Å². The summed E-state index contributed by atoms with van der Waals surface area (Å²) >= 11 is 0. The Kier molecular flexibility index (Phi) is 2.82. The first-order chi connectivity index (χ1) is 9.65. The van der Waals surface area contributed by atoms with Crippen LogP contribution in [0.1, 0.15) is 0 Å². The van der Waals surface area contributed by atoms with Crippen molar-refractivity contribution >= 4 is 22.7 Å². The molecule has 3 aromatic rings. The Morgan fingerprint density at radius 2 is 1.85 bits per heavy atom. The van der Waals surface area contributed by atoms with E-state index in [1.54, 1.807) is 23.2 Å². The highest BCUT2D eigenvalue weighted by Gasteiger charge is 2.07. The van der Waals surface area contributed by atoms with Gasteiger partial charge >= 0.3 is 0 Å². The van der Waals surface area contributed by atoms with Crippen molar-refractivity contribution in [2.75, 3.05) is 11.5 Å². The van der Waals surface area contributed by atoms with Gasteiger partial charge < -0.3 is 20.6 Å². The number of anilines is 2. The smallest absolute Gasteiger partial charge is 0.250 e. The molecule has 0 fully saturated rings. The van der Waals surface area contributed by atoms with E-state index in [9.17, 15) is 4.79 Å². The van der Waals surface area contributed by atoms with E-state index in [0.29, 0.717) is 35.8 Å². The predicted molar refractivity (Wildman–Crippen MR) is 74.8 cm³/mol. The van der Waals surface area contributed by atoms with Crippen molar-refractivity contribution < 1.29 is 0 Å². The van der Waals surface area contributed by atoms with Gasteiger partial charge in [-0.1, -0.05) is 0 Å². The zero-order valence-corrected chi connectivity index (χ0v) is 10.6. The number of aromatic nitrogens is 5. The van der Waals surface area contributed by atoms with Crippen LogP contribution in [0, 0.1) is 0 Å². The fraction of sp³-hybridized carbons (Fsp3) is 0.167. The van der Waals surface area contributed by atoms with Crippen LogP contribution in [0.15, 0.2) is 35.8 Å². The highest BCUT2D eigenvalue weighted by atomic mass is 16.1. The number of imidazole rings is 1. The first-order valence-corrected chi connectivity index (χ1v) is 6.02. The van der Waals surface area contributed by atoms with E-state index in [-0.39, 0.29) is 5.56 Å². The first-order valence-electron chi connectivity index (χ1n) is 6.02. The Labute approximate surface area is 113 Å². The Morgan fingerprint density at radius 1 is 1.05 bits per heavy atom. The van der Waals surface area contributed by atoms with Gasteiger partial charge in [0, 0.05) is 31.0 Å². The molecule has 8 heteroatoms. The molecule has 20 heavy (non-hydrogen) atoms. The molecule has 0 saturated heterocycles. The SMILES string of the molecule is Nc1ccc(=O)n(CCn2cnc3c(N)ncnc32)c1. The Morgan fingerprint density at radius 3 is 2.70 bits per heavy atom. The molecule has 0 aromatic carbocycles. The van der Waals surface area contributed by atoms with Crippen molar-refractivity contribution in [1.82, 2.24) is 24.1 Å². The molecule has 0 radical (unpaired) electrons. The van der Waals surface area contributed by atoms with Gasteiger partial charge in [-0.05, 0) is 6.07 Å². The average Bonchev–Trinajstić information content (AvgIpc) is 2.85. The Bertz CT molecular complexity index is 820. The maximum Gasteiger partial charge on any atom is 0.250 e. The third kappa shape index (κ3) is 2.07. The monoisotopic (exact) mass is 271 g/mol. The number of hydrogen-bond donors (Lipinski definition) is 2. The van der Waals surface area contributed by atoms with Crippen LogP contribution < -0.4 is 17.0 Å². The molecule has 3 rings (SSSR count). The average molecular weight is 271 g/mol. The maximum absolute atomic E-state index is 11.7. The molecular formula is C12H13N7O. The van der Waals surface area contributed by atoms with E-state index in [4.69, 9.17) is 11.5 Å². The zero-order chi connectivity index (χ0) is 14.1. The third-order valence-corrected chi connectivity index (χ3v) is 3.02. The standard InChI is InChI=1S/C12H13N7O/c13-8-1-2-9(20)18(5-8)3-4-19-7-17-10-11(14)15-6-16-12(10)19/h1-2,5-7H,3-4,13H2,(H2,14,15,16). The third-order valence-electron chi connectivity index (χ3n) is 3.02. The van der Waals surface area contributed by atoms with Gasteiger partial charge in [-0.3, -0.25) is 4.79 Å². The summed E-state index contributed by atoms with van der Waals surface area (Å²) < 4.78 is 3.37. The Hall–Kier alpha value is -2.90. The summed E-state index contributed by atoms with van der Waals surface area (Å²) in [6, 6.07) is 3.03. The number of nitrogens with two attached hydrogens (primary N) is 2. The summed E-state index contributed by atoms with van der Waals surface area (Å²) in [7, 11) is 0. The van der Waals surface area contributed by atoms with Crippen molar-refractivity contribution in [2.24, 2.45) is 0 Å². The normalized spacial score (nSPS) is 11.0. The second kappa shape index (κ2) is 4.65. The van der Waals surface area contributed by atoms with Crippen LogP contribution in [0.2, 0.25) is 0 Å². The second-order valence-corrected chi connectivity index (χ2v) is 4.36. The van der Waals surface area contributed by atoms with Crippen LogP contribution >= 0.6 is 0 Å². The van der Waals surface area contributed by atoms with Crippen molar-refractivity contribution in [1.29, 1.82) is 0 Å². The molecule has 0 spiro atoms. The molecule has 0 aliphatic carbocycles. The van der Waals surface area contributed by atoms with Crippen molar-refractivity contribution in [3.63, 3.8) is 0 Å². The van der Waals surface area contributed by atoms with E-state index < -0.39 is 0 Å². The molecule has 0 bridgehead atoms. The summed E-state index contributed by atoms with van der Waals surface area (Å²) in [5.41, 5.74) is 13.1. The van der Waals surface area contributed by atoms with Gasteiger partial charge in [0.15, 0.2) is 11.5 Å². The number of rotatable bonds is 3. The molecule has 8 nitrogen and oxygen atoms in total. The number of fused-ring (bicyclic) bond motifs is 1. The van der Waals surface area contributed by atoms with E-state index >= 15 is 0 Å². The van der Waals surface area contributed by atoms with Crippen molar-refractivity contribution in [3.8, 4) is 0 Å². The minimum atomic E-state index is -0.0993. The van der Waals surface area contributed by atoms with Crippen LogP contribution in [0.5, 0.6) is 0 Å². The minimum absolute atomic E-state index is 0.0993. The number of nitrogen functional groups attached to an aromatic ring is 2. The Balaban J connectivity index is 1.89. The topological polar surface area (TPSA) is 118 Å². The van der Waals surface area contributed by atoms with Gasteiger partial charge in [-0.2, -0.15) is 0 Å². The van der Waals surface area contributed by atoms with Crippen LogP contribution in [0.25, 0.3) is 11.2 Å². The molecule has 0 saturated carbocycles. The lowest BCUT2D eigenvalue weighted by Crippen LogP contribution is -2.21. The van der Waals surface area contributed by atoms with E-state index in [2.05, 4.69) is 15.0 Å². The number of aryl methyl sites for hydroxylation is 2. The number of hydrogen-bond acceptors (Lipinski definition) is 6. The molecule has 4 N–H and O–H groups in total. The molecule has 3 heterocycles. The highest BCUT2D eigenvalue weighted by molar-refractivity contribution is 5.80. The molecule has 0 unspecified atom stereocenters. The zero-order valence-electron chi connectivity index (χ0n) is 10.6. The van der Waals surface area contributed by atoms with E-state index in [0.717, 1.165) is 0 Å². The van der Waals surface area contributed by atoms with Gasteiger partial charge in [-0.15, -0.1) is 0 Å². The first kappa shape index (κ1) is 12.2. The molecule has 0 atom stereocenters.